The number of aromatic nitrogens is 1. The number of hydrogen-bond donors (Lipinski definition) is 3. The van der Waals surface area contributed by atoms with Crippen LogP contribution in [0, 0.1) is 0 Å². The number of thioether (sulfide) groups is 1. The van der Waals surface area contributed by atoms with Crippen LogP contribution in [0.15, 0.2) is 101 Å². The fourth-order valence-corrected chi connectivity index (χ4v) is 5.07. The van der Waals surface area contributed by atoms with Crippen molar-refractivity contribution >= 4 is 23.5 Å². The highest BCUT2D eigenvalue weighted by Gasteiger charge is 2.10. The largest absolute Gasteiger partial charge is 0.388 e. The van der Waals surface area contributed by atoms with Crippen LogP contribution in [0.4, 0.5) is 5.82 Å². The maximum absolute atomic E-state index is 12.8. The highest BCUT2D eigenvalue weighted by Crippen LogP contribution is 2.23. The topological polar surface area (TPSA) is 57.0 Å². The van der Waals surface area contributed by atoms with Gasteiger partial charge in [0.05, 0.1) is 18.3 Å². The van der Waals surface area contributed by atoms with Crippen molar-refractivity contribution in [1.82, 2.24) is 10.6 Å². The molecule has 216 valence electrons. The van der Waals surface area contributed by atoms with E-state index in [1.165, 1.54) is 16.7 Å². The van der Waals surface area contributed by atoms with E-state index < -0.39 is 0 Å². The zero-order valence-electron chi connectivity index (χ0n) is 25.1. The predicted molar refractivity (Wildman–Crippen MR) is 173 cm³/mol. The van der Waals surface area contributed by atoms with Crippen LogP contribution in [0.3, 0.4) is 0 Å². The van der Waals surface area contributed by atoms with Crippen molar-refractivity contribution in [3.05, 3.63) is 102 Å². The first-order valence-electron chi connectivity index (χ1n) is 14.5. The number of hydrogen-bond acceptors (Lipinski definition) is 4. The molecule has 2 rings (SSSR count). The number of rotatable bonds is 18. The summed E-state index contributed by atoms with van der Waals surface area (Å²) in [5.41, 5.74) is 5.00. The van der Waals surface area contributed by atoms with Gasteiger partial charge in [0.1, 0.15) is 6.20 Å². The molecule has 2 aromatic rings. The molecule has 1 aromatic heterocycles. The van der Waals surface area contributed by atoms with Crippen LogP contribution in [0.2, 0.25) is 0 Å². The van der Waals surface area contributed by atoms with Gasteiger partial charge in [-0.05, 0) is 84.9 Å². The first kappa shape index (κ1) is 33.0. The smallest absolute Gasteiger partial charge is 0.278 e. The van der Waals surface area contributed by atoms with Gasteiger partial charge in [-0.1, -0.05) is 53.1 Å². The number of pyridine rings is 1. The van der Waals surface area contributed by atoms with Crippen molar-refractivity contribution < 1.29 is 9.36 Å². The Morgan fingerprint density at radius 1 is 0.875 bits per heavy atom. The molecule has 5 nitrogen and oxygen atoms in total. The second-order valence-corrected chi connectivity index (χ2v) is 11.2. The van der Waals surface area contributed by atoms with Crippen LogP contribution in [-0.4, -0.2) is 24.7 Å². The summed E-state index contributed by atoms with van der Waals surface area (Å²) < 4.78 is 2.14. The molecule has 0 saturated heterocycles. The number of nitrogens with one attached hydrogen (secondary N) is 3. The molecule has 3 N–H and O–H groups in total. The Morgan fingerprint density at radius 2 is 1.60 bits per heavy atom. The highest BCUT2D eigenvalue weighted by molar-refractivity contribution is 7.99. The minimum atomic E-state index is -0.0112. The molecule has 0 unspecified atom stereocenters. The summed E-state index contributed by atoms with van der Waals surface area (Å²) in [6.45, 7) is 13.2. The Morgan fingerprint density at radius 3 is 2.38 bits per heavy atom. The van der Waals surface area contributed by atoms with Gasteiger partial charge in [0.15, 0.2) is 0 Å². The third-order valence-electron chi connectivity index (χ3n) is 6.42. The van der Waals surface area contributed by atoms with Gasteiger partial charge >= 0.3 is 0 Å². The maximum atomic E-state index is 12.8. The number of benzene rings is 1. The van der Waals surface area contributed by atoms with Gasteiger partial charge in [-0.25, -0.2) is 9.88 Å². The van der Waals surface area contributed by atoms with E-state index in [0.717, 1.165) is 67.2 Å². The van der Waals surface area contributed by atoms with Crippen LogP contribution in [-0.2, 0) is 6.54 Å². The SMILES string of the molecule is CC[n+]1ccccc1N/C=C\NCCCNC(=O)c1ccccc1SC/C=C(\C)CC/C=C(\C)CCC=C(C)C. The van der Waals surface area contributed by atoms with Crippen molar-refractivity contribution in [3.8, 4) is 0 Å². The Hall–Kier alpha value is -3.25. The van der Waals surface area contributed by atoms with E-state index in [0.29, 0.717) is 6.54 Å². The number of allylic oxidation sites excluding steroid dienone is 5. The number of carbonyl (C=O) groups excluding carboxylic acids is 1. The molecule has 0 saturated carbocycles. The number of anilines is 1. The lowest BCUT2D eigenvalue weighted by atomic mass is 10.1. The van der Waals surface area contributed by atoms with Gasteiger partial charge in [-0.3, -0.25) is 4.79 Å². The van der Waals surface area contributed by atoms with Crippen molar-refractivity contribution in [2.45, 2.75) is 78.2 Å². The zero-order valence-corrected chi connectivity index (χ0v) is 25.9. The highest BCUT2D eigenvalue weighted by atomic mass is 32.2. The molecule has 1 heterocycles. The molecule has 0 aliphatic heterocycles. The normalized spacial score (nSPS) is 11.9. The summed E-state index contributed by atoms with van der Waals surface area (Å²) in [5, 5.41) is 9.63. The standard InChI is InChI=1S/C34H48N4OS/c1-6-38-26-10-9-20-33(38)36-25-24-35-22-13-23-37-34(39)31-18-7-8-19-32(31)40-27-21-30(5)17-12-16-29(4)15-11-14-28(2)3/h7-10,14,16,18-21,24-26,35H,6,11-13,15,17,22-23,27H2,1-5H3,(H,37,39)/p+1/b25-24-,29-16+,30-21+. The molecule has 1 amide bonds. The minimum Gasteiger partial charge on any atom is -0.388 e. The maximum Gasteiger partial charge on any atom is 0.278 e. The number of aryl methyl sites for hydroxylation is 1. The van der Waals surface area contributed by atoms with Gasteiger partial charge in [0, 0.05) is 36.0 Å². The monoisotopic (exact) mass is 561 g/mol. The average Bonchev–Trinajstić information content (AvgIpc) is 2.94. The predicted octanol–water partition coefficient (Wildman–Crippen LogP) is 7.80. The number of carbonyl (C=O) groups is 1. The van der Waals surface area contributed by atoms with E-state index in [1.807, 2.05) is 54.9 Å². The van der Waals surface area contributed by atoms with Crippen LogP contribution < -0.4 is 20.5 Å². The van der Waals surface area contributed by atoms with E-state index in [4.69, 9.17) is 0 Å². The first-order valence-corrected chi connectivity index (χ1v) is 15.5. The van der Waals surface area contributed by atoms with E-state index in [-0.39, 0.29) is 5.91 Å². The van der Waals surface area contributed by atoms with Crippen molar-refractivity contribution in [2.75, 3.05) is 24.2 Å². The average molecular weight is 562 g/mol. The van der Waals surface area contributed by atoms with Crippen LogP contribution >= 0.6 is 11.8 Å². The van der Waals surface area contributed by atoms with Crippen molar-refractivity contribution in [3.63, 3.8) is 0 Å². The molecule has 6 heteroatoms. The molecule has 0 aliphatic rings. The third-order valence-corrected chi connectivity index (χ3v) is 7.42. The summed E-state index contributed by atoms with van der Waals surface area (Å²) >= 11 is 1.72. The molecule has 0 atom stereocenters. The van der Waals surface area contributed by atoms with Gasteiger partial charge in [-0.2, -0.15) is 0 Å². The lowest BCUT2D eigenvalue weighted by Gasteiger charge is -2.09. The van der Waals surface area contributed by atoms with Crippen molar-refractivity contribution in [2.24, 2.45) is 0 Å². The summed E-state index contributed by atoms with van der Waals surface area (Å²) in [6, 6.07) is 14.0. The quantitative estimate of drug-likeness (QED) is 0.0752. The lowest BCUT2D eigenvalue weighted by Crippen LogP contribution is -2.34. The molecular formula is C34H49N4OS+. The molecule has 0 fully saturated rings. The zero-order chi connectivity index (χ0) is 29.0. The molecule has 0 radical (unpaired) electrons. The first-order chi connectivity index (χ1) is 19.4. The van der Waals surface area contributed by atoms with E-state index in [1.54, 1.807) is 11.8 Å². The third kappa shape index (κ3) is 13.7. The number of nitrogens with zero attached hydrogens (tertiary/aromatic N) is 1. The van der Waals surface area contributed by atoms with Gasteiger partial charge < -0.3 is 10.6 Å². The summed E-state index contributed by atoms with van der Waals surface area (Å²) in [5.74, 6) is 1.90. The fraction of sp³-hybridized carbons (Fsp3) is 0.412. The van der Waals surface area contributed by atoms with E-state index >= 15 is 0 Å². The Labute approximate surface area is 246 Å². The van der Waals surface area contributed by atoms with Gasteiger partial charge in [0.2, 0.25) is 0 Å². The number of amides is 1. The fourth-order valence-electron chi connectivity index (χ4n) is 4.03. The van der Waals surface area contributed by atoms with E-state index in [2.05, 4.69) is 79.6 Å². The molecular weight excluding hydrogens is 512 g/mol. The Balaban J connectivity index is 1.68. The summed E-state index contributed by atoms with van der Waals surface area (Å²) in [4.78, 5) is 13.9. The molecule has 1 aromatic carbocycles. The summed E-state index contributed by atoms with van der Waals surface area (Å²) in [7, 11) is 0. The van der Waals surface area contributed by atoms with Gasteiger partial charge in [0.25, 0.3) is 11.7 Å². The van der Waals surface area contributed by atoms with Crippen molar-refractivity contribution in [1.29, 1.82) is 0 Å². The van der Waals surface area contributed by atoms with Crippen LogP contribution in [0.1, 0.15) is 77.1 Å². The Bertz CT molecular complexity index is 1160. The second-order valence-electron chi connectivity index (χ2n) is 10.2. The molecule has 40 heavy (non-hydrogen) atoms. The molecule has 0 spiro atoms. The van der Waals surface area contributed by atoms with Crippen LogP contribution in [0.5, 0.6) is 0 Å². The summed E-state index contributed by atoms with van der Waals surface area (Å²) in [6.07, 6.45) is 18.1. The van der Waals surface area contributed by atoms with Crippen LogP contribution in [0.25, 0.3) is 0 Å². The lowest BCUT2D eigenvalue weighted by molar-refractivity contribution is -0.679. The molecule has 0 aliphatic carbocycles. The van der Waals surface area contributed by atoms with Gasteiger partial charge in [-0.15, -0.1) is 11.8 Å². The Kier molecular flexibility index (Phi) is 16.3. The van der Waals surface area contributed by atoms with E-state index in [9.17, 15) is 4.79 Å². The molecule has 0 bridgehead atoms. The second kappa shape index (κ2) is 19.8. The minimum absolute atomic E-state index is 0.0112.